The second-order valence-corrected chi connectivity index (χ2v) is 7.37. The van der Waals surface area contributed by atoms with Crippen LogP contribution in [0, 0.1) is 0 Å². The number of aromatic nitrogens is 2. The Hall–Kier alpha value is -2.02. The Labute approximate surface area is 138 Å². The van der Waals surface area contributed by atoms with Gasteiger partial charge in [0.25, 0.3) is 5.91 Å². The van der Waals surface area contributed by atoms with Crippen LogP contribution in [0.4, 0.5) is 0 Å². The monoisotopic (exact) mass is 329 g/mol. The highest BCUT2D eigenvalue weighted by Crippen LogP contribution is 2.24. The van der Waals surface area contributed by atoms with Gasteiger partial charge in [-0.15, -0.1) is 0 Å². The Morgan fingerprint density at radius 2 is 2.13 bits per heavy atom. The first-order valence-corrected chi connectivity index (χ1v) is 8.78. The van der Waals surface area contributed by atoms with Crippen LogP contribution in [0.1, 0.15) is 17.3 Å². The maximum Gasteiger partial charge on any atom is 0.254 e. The molecule has 2 aliphatic heterocycles. The number of amides is 1. The highest BCUT2D eigenvalue weighted by atomic mass is 32.2. The fraction of sp³-hybridized carbons (Fsp3) is 0.438. The number of hydrogen-bond donors (Lipinski definition) is 1. The number of benzene rings is 1. The first kappa shape index (κ1) is 14.6. The molecule has 7 heteroatoms. The van der Waals surface area contributed by atoms with Gasteiger partial charge in [-0.2, -0.15) is 5.10 Å². The highest BCUT2D eigenvalue weighted by Gasteiger charge is 2.27. The van der Waals surface area contributed by atoms with Gasteiger partial charge in [-0.25, -0.2) is 0 Å². The third-order valence-corrected chi connectivity index (χ3v) is 5.49. The van der Waals surface area contributed by atoms with Gasteiger partial charge in [0, 0.05) is 36.8 Å². The van der Waals surface area contributed by atoms with E-state index in [1.165, 1.54) is 0 Å². The van der Waals surface area contributed by atoms with Crippen LogP contribution < -0.4 is 0 Å². The Kier molecular flexibility index (Phi) is 3.72. The third kappa shape index (κ3) is 2.69. The molecule has 0 aliphatic carbocycles. The highest BCUT2D eigenvalue weighted by molar-refractivity contribution is 8.14. The van der Waals surface area contributed by atoms with Crippen molar-refractivity contribution < 1.29 is 4.79 Å². The maximum atomic E-state index is 12.8. The van der Waals surface area contributed by atoms with E-state index in [4.69, 9.17) is 0 Å². The van der Waals surface area contributed by atoms with E-state index in [-0.39, 0.29) is 5.91 Å². The second-order valence-electron chi connectivity index (χ2n) is 5.97. The molecular formula is C16H19N5OS. The lowest BCUT2D eigenvalue weighted by atomic mass is 10.1. The molecule has 1 N–H and O–H groups in total. The fourth-order valence-electron chi connectivity index (χ4n) is 3.06. The summed E-state index contributed by atoms with van der Waals surface area (Å²) in [7, 11) is 0. The number of carbonyl (C=O) groups excluding carboxylic acids is 1. The van der Waals surface area contributed by atoms with Crippen molar-refractivity contribution in [2.24, 2.45) is 4.99 Å². The van der Waals surface area contributed by atoms with Gasteiger partial charge >= 0.3 is 0 Å². The molecule has 1 atom stereocenters. The van der Waals surface area contributed by atoms with Crippen molar-refractivity contribution in [2.45, 2.75) is 12.2 Å². The van der Waals surface area contributed by atoms with Crippen LogP contribution in [0.15, 0.2) is 29.4 Å². The van der Waals surface area contributed by atoms with Crippen molar-refractivity contribution in [3.8, 4) is 0 Å². The third-order valence-electron chi connectivity index (χ3n) is 4.34. The van der Waals surface area contributed by atoms with Crippen LogP contribution in [0.5, 0.6) is 0 Å². The number of rotatable bonds is 1. The van der Waals surface area contributed by atoms with E-state index in [2.05, 4.69) is 27.0 Å². The van der Waals surface area contributed by atoms with E-state index < -0.39 is 0 Å². The quantitative estimate of drug-likeness (QED) is 0.867. The smallest absolute Gasteiger partial charge is 0.254 e. The molecule has 1 fully saturated rings. The number of hydrogen-bond acceptors (Lipinski definition) is 5. The number of nitrogens with one attached hydrogen (secondary N) is 1. The number of nitrogens with zero attached hydrogens (tertiary/aromatic N) is 4. The molecule has 0 radical (unpaired) electrons. The molecule has 0 saturated carbocycles. The number of thioether (sulfide) groups is 1. The maximum absolute atomic E-state index is 12.8. The number of H-pyrrole nitrogens is 1. The molecule has 1 aromatic carbocycles. The lowest BCUT2D eigenvalue weighted by Crippen LogP contribution is -2.49. The summed E-state index contributed by atoms with van der Waals surface area (Å²) in [5.41, 5.74) is 1.63. The molecule has 120 valence electrons. The van der Waals surface area contributed by atoms with Crippen molar-refractivity contribution in [1.29, 1.82) is 0 Å². The standard InChI is InChI=1S/C16H19N5OS/c1-11-9-17-16(23-11)21-7-5-20(6-8-21)15(22)12-3-2-4-14-13(12)10-18-19-14/h2-4,10-11H,5-9H2,1H3,(H,18,19)/t11-/m1/s1. The predicted molar refractivity (Wildman–Crippen MR) is 92.9 cm³/mol. The average molecular weight is 329 g/mol. The molecule has 0 bridgehead atoms. The molecule has 3 heterocycles. The number of piperazine rings is 1. The van der Waals surface area contributed by atoms with Gasteiger partial charge in [0.1, 0.15) is 0 Å². The van der Waals surface area contributed by atoms with E-state index in [9.17, 15) is 4.79 Å². The zero-order chi connectivity index (χ0) is 15.8. The minimum Gasteiger partial charge on any atom is -0.348 e. The summed E-state index contributed by atoms with van der Waals surface area (Å²) in [6.07, 6.45) is 1.73. The molecule has 23 heavy (non-hydrogen) atoms. The minimum absolute atomic E-state index is 0.0889. The fourth-order valence-corrected chi connectivity index (χ4v) is 4.05. The number of carbonyl (C=O) groups is 1. The van der Waals surface area contributed by atoms with Crippen LogP contribution in [0.2, 0.25) is 0 Å². The Bertz CT molecular complexity index is 763. The average Bonchev–Trinajstić information content (AvgIpc) is 3.22. The summed E-state index contributed by atoms with van der Waals surface area (Å²) in [5, 5.41) is 9.56. The van der Waals surface area contributed by atoms with Gasteiger partial charge in [-0.05, 0) is 12.1 Å². The largest absolute Gasteiger partial charge is 0.348 e. The predicted octanol–water partition coefficient (Wildman–Crippen LogP) is 1.81. The minimum atomic E-state index is 0.0889. The second kappa shape index (κ2) is 5.88. The Balaban J connectivity index is 1.46. The molecule has 6 nitrogen and oxygen atoms in total. The Morgan fingerprint density at radius 3 is 2.87 bits per heavy atom. The van der Waals surface area contributed by atoms with E-state index in [0.717, 1.165) is 54.4 Å². The summed E-state index contributed by atoms with van der Waals surface area (Å²) in [4.78, 5) is 21.6. The lowest BCUT2D eigenvalue weighted by Gasteiger charge is -2.35. The molecule has 1 amide bonds. The number of aromatic amines is 1. The van der Waals surface area contributed by atoms with Crippen LogP contribution in [0.25, 0.3) is 10.9 Å². The summed E-state index contributed by atoms with van der Waals surface area (Å²) < 4.78 is 0. The molecule has 0 unspecified atom stereocenters. The van der Waals surface area contributed by atoms with Crippen LogP contribution in [-0.2, 0) is 0 Å². The van der Waals surface area contributed by atoms with E-state index in [1.807, 2.05) is 34.9 Å². The molecule has 1 aromatic heterocycles. The van der Waals surface area contributed by atoms with Gasteiger partial charge < -0.3 is 9.80 Å². The van der Waals surface area contributed by atoms with Crippen molar-refractivity contribution in [2.75, 3.05) is 32.7 Å². The van der Waals surface area contributed by atoms with Crippen molar-refractivity contribution in [3.63, 3.8) is 0 Å². The summed E-state index contributed by atoms with van der Waals surface area (Å²) in [6, 6.07) is 5.72. The first-order valence-electron chi connectivity index (χ1n) is 7.90. The van der Waals surface area contributed by atoms with Gasteiger partial charge in [-0.3, -0.25) is 14.9 Å². The number of fused-ring (bicyclic) bond motifs is 1. The zero-order valence-electron chi connectivity index (χ0n) is 13.0. The Morgan fingerprint density at radius 1 is 1.30 bits per heavy atom. The summed E-state index contributed by atoms with van der Waals surface area (Å²) in [6.45, 7) is 6.29. The molecular weight excluding hydrogens is 310 g/mol. The van der Waals surface area contributed by atoms with Crippen LogP contribution in [-0.4, -0.2) is 69.0 Å². The van der Waals surface area contributed by atoms with Gasteiger partial charge in [0.15, 0.2) is 5.17 Å². The van der Waals surface area contributed by atoms with E-state index in [0.29, 0.717) is 5.25 Å². The van der Waals surface area contributed by atoms with Crippen molar-refractivity contribution >= 4 is 33.7 Å². The lowest BCUT2D eigenvalue weighted by molar-refractivity contribution is 0.0695. The van der Waals surface area contributed by atoms with Gasteiger partial charge in [0.05, 0.1) is 23.8 Å². The molecule has 1 saturated heterocycles. The van der Waals surface area contributed by atoms with Gasteiger partial charge in [-0.1, -0.05) is 24.8 Å². The van der Waals surface area contributed by atoms with Gasteiger partial charge in [0.2, 0.25) is 0 Å². The number of aliphatic imine (C=N–C) groups is 1. The van der Waals surface area contributed by atoms with E-state index >= 15 is 0 Å². The molecule has 0 spiro atoms. The topological polar surface area (TPSA) is 64.6 Å². The zero-order valence-corrected chi connectivity index (χ0v) is 13.8. The molecule has 2 aromatic rings. The normalized spacial score (nSPS) is 21.8. The van der Waals surface area contributed by atoms with Crippen molar-refractivity contribution in [3.05, 3.63) is 30.0 Å². The van der Waals surface area contributed by atoms with Crippen LogP contribution in [0.3, 0.4) is 0 Å². The summed E-state index contributed by atoms with van der Waals surface area (Å²) in [5.74, 6) is 0.0889. The molecule has 2 aliphatic rings. The van der Waals surface area contributed by atoms with Crippen molar-refractivity contribution in [1.82, 2.24) is 20.0 Å². The number of amidine groups is 1. The SMILES string of the molecule is C[C@@H]1CN=C(N2CCN(C(=O)c3cccc4[nH]ncc34)CC2)S1. The molecule has 4 rings (SSSR count). The van der Waals surface area contributed by atoms with E-state index in [1.54, 1.807) is 6.20 Å². The van der Waals surface area contributed by atoms with Crippen LogP contribution >= 0.6 is 11.8 Å². The first-order chi connectivity index (χ1) is 11.2. The summed E-state index contributed by atoms with van der Waals surface area (Å²) >= 11 is 1.84.